The highest BCUT2D eigenvalue weighted by Gasteiger charge is 2.28. The maximum absolute atomic E-state index is 12.1. The summed E-state index contributed by atoms with van der Waals surface area (Å²) in [5.74, 6) is 0.326. The van der Waals surface area contributed by atoms with E-state index in [1.165, 1.54) is 10.9 Å². The summed E-state index contributed by atoms with van der Waals surface area (Å²) >= 11 is 0. The van der Waals surface area contributed by atoms with E-state index in [-0.39, 0.29) is 11.1 Å². The zero-order chi connectivity index (χ0) is 12.5. The van der Waals surface area contributed by atoms with Crippen LogP contribution in [0.2, 0.25) is 0 Å². The fourth-order valence-electron chi connectivity index (χ4n) is 1.93. The molecule has 0 aliphatic carbocycles. The average Bonchev–Trinajstić information content (AvgIpc) is 2.68. The number of aromatic nitrogens is 3. The molecule has 1 aliphatic heterocycles. The summed E-state index contributed by atoms with van der Waals surface area (Å²) in [6.45, 7) is 3.65. The van der Waals surface area contributed by atoms with Crippen LogP contribution in [-0.2, 0) is 17.1 Å². The lowest BCUT2D eigenvalue weighted by atomic mass is 9.96. The van der Waals surface area contributed by atoms with Crippen LogP contribution in [0.15, 0.2) is 11.2 Å². The smallest absolute Gasteiger partial charge is 0.259 e. The minimum Gasteiger partial charge on any atom is -0.315 e. The van der Waals surface area contributed by atoms with Crippen molar-refractivity contribution < 1.29 is 8.42 Å². The lowest BCUT2D eigenvalue weighted by Gasteiger charge is -2.29. The molecule has 2 atom stereocenters. The molecule has 2 unspecified atom stereocenters. The molecule has 1 fully saturated rings. The van der Waals surface area contributed by atoms with Crippen LogP contribution < -0.4 is 10.0 Å². The van der Waals surface area contributed by atoms with Crippen molar-refractivity contribution >= 4 is 10.0 Å². The van der Waals surface area contributed by atoms with Crippen LogP contribution in [0.25, 0.3) is 0 Å². The van der Waals surface area contributed by atoms with Gasteiger partial charge in [0.2, 0.25) is 0 Å². The molecule has 8 heteroatoms. The van der Waals surface area contributed by atoms with Crippen LogP contribution >= 0.6 is 0 Å². The van der Waals surface area contributed by atoms with Gasteiger partial charge in [-0.05, 0) is 18.9 Å². The molecule has 17 heavy (non-hydrogen) atoms. The van der Waals surface area contributed by atoms with Gasteiger partial charge < -0.3 is 5.32 Å². The van der Waals surface area contributed by atoms with Crippen LogP contribution in [0.3, 0.4) is 0 Å². The molecular formula is C9H17N5O2S. The van der Waals surface area contributed by atoms with Gasteiger partial charge in [0.25, 0.3) is 10.0 Å². The molecule has 0 radical (unpaired) electrons. The lowest BCUT2D eigenvalue weighted by Crippen LogP contribution is -2.50. The van der Waals surface area contributed by atoms with Gasteiger partial charge in [0.15, 0.2) is 5.03 Å². The Morgan fingerprint density at radius 1 is 1.59 bits per heavy atom. The van der Waals surface area contributed by atoms with Crippen LogP contribution in [0.4, 0.5) is 0 Å². The monoisotopic (exact) mass is 259 g/mol. The minimum atomic E-state index is -3.53. The van der Waals surface area contributed by atoms with Crippen LogP contribution in [0, 0.1) is 5.92 Å². The number of nitrogens with one attached hydrogen (secondary N) is 2. The quantitative estimate of drug-likeness (QED) is 0.733. The highest BCUT2D eigenvalue weighted by Crippen LogP contribution is 2.14. The van der Waals surface area contributed by atoms with Gasteiger partial charge in [-0.1, -0.05) is 12.1 Å². The summed E-state index contributed by atoms with van der Waals surface area (Å²) in [5.41, 5.74) is 0. The third-order valence-electron chi connectivity index (χ3n) is 3.08. The number of sulfonamides is 1. The van der Waals surface area contributed by atoms with E-state index >= 15 is 0 Å². The standard InChI is InChI=1S/C9H17N5O2S/c1-7-3-4-10-5-8(7)12-17(15,16)9-6-11-13-14(9)2/h6-8,10,12H,3-5H2,1-2H3. The number of aryl methyl sites for hydroxylation is 1. The molecule has 1 aliphatic rings. The Balaban J connectivity index is 2.15. The number of piperidine rings is 1. The van der Waals surface area contributed by atoms with Gasteiger partial charge in [-0.3, -0.25) is 0 Å². The molecule has 0 amide bonds. The third-order valence-corrected chi connectivity index (χ3v) is 4.62. The Morgan fingerprint density at radius 3 is 2.94 bits per heavy atom. The maximum atomic E-state index is 12.1. The first-order chi connectivity index (χ1) is 8.00. The molecule has 2 heterocycles. The molecule has 7 nitrogen and oxygen atoms in total. The summed E-state index contributed by atoms with van der Waals surface area (Å²) in [4.78, 5) is 0. The largest absolute Gasteiger partial charge is 0.315 e. The molecule has 0 saturated carbocycles. The first kappa shape index (κ1) is 12.5. The predicted octanol–water partition coefficient (Wildman–Crippen LogP) is -0.909. The molecule has 1 aromatic heterocycles. The number of nitrogens with zero attached hydrogens (tertiary/aromatic N) is 3. The molecule has 2 rings (SSSR count). The van der Waals surface area contributed by atoms with Crippen molar-refractivity contribution in [3.63, 3.8) is 0 Å². The topological polar surface area (TPSA) is 88.9 Å². The molecule has 96 valence electrons. The van der Waals surface area contributed by atoms with Crippen LogP contribution in [-0.4, -0.2) is 42.5 Å². The summed E-state index contributed by atoms with van der Waals surface area (Å²) in [7, 11) is -1.97. The van der Waals surface area contributed by atoms with Crippen molar-refractivity contribution in [3.8, 4) is 0 Å². The van der Waals surface area contributed by atoms with Crippen molar-refractivity contribution in [1.29, 1.82) is 0 Å². The van der Waals surface area contributed by atoms with E-state index in [9.17, 15) is 8.42 Å². The fraction of sp³-hybridized carbons (Fsp3) is 0.778. The minimum absolute atomic E-state index is 0.0800. The third kappa shape index (κ3) is 2.64. The van der Waals surface area contributed by atoms with Crippen molar-refractivity contribution in [3.05, 3.63) is 6.20 Å². The van der Waals surface area contributed by atoms with Gasteiger partial charge in [0.1, 0.15) is 0 Å². The SMILES string of the molecule is CC1CCNCC1NS(=O)(=O)c1cnnn1C. The van der Waals surface area contributed by atoms with Crippen molar-refractivity contribution in [1.82, 2.24) is 25.0 Å². The van der Waals surface area contributed by atoms with Crippen molar-refractivity contribution in [2.24, 2.45) is 13.0 Å². The van der Waals surface area contributed by atoms with Gasteiger partial charge in [0, 0.05) is 19.6 Å². The first-order valence-corrected chi connectivity index (χ1v) is 7.07. The summed E-state index contributed by atoms with van der Waals surface area (Å²) in [6.07, 6.45) is 2.22. The number of hydrogen-bond donors (Lipinski definition) is 2. The normalized spacial score (nSPS) is 26.0. The maximum Gasteiger partial charge on any atom is 0.259 e. The molecule has 2 N–H and O–H groups in total. The van der Waals surface area contributed by atoms with Gasteiger partial charge >= 0.3 is 0 Å². The highest BCUT2D eigenvalue weighted by atomic mass is 32.2. The average molecular weight is 259 g/mol. The fourth-order valence-corrected chi connectivity index (χ4v) is 3.34. The molecule has 0 spiro atoms. The number of rotatable bonds is 3. The van der Waals surface area contributed by atoms with E-state index in [2.05, 4.69) is 27.3 Å². The summed E-state index contributed by atoms with van der Waals surface area (Å²) in [6, 6.07) is -0.0800. The predicted molar refractivity (Wildman–Crippen MR) is 61.8 cm³/mol. The Morgan fingerprint density at radius 2 is 2.35 bits per heavy atom. The lowest BCUT2D eigenvalue weighted by molar-refractivity contribution is 0.326. The van der Waals surface area contributed by atoms with E-state index < -0.39 is 10.0 Å². The summed E-state index contributed by atoms with van der Waals surface area (Å²) in [5, 5.41) is 10.5. The van der Waals surface area contributed by atoms with E-state index in [0.29, 0.717) is 12.5 Å². The second-order valence-corrected chi connectivity index (χ2v) is 6.05. The molecule has 1 saturated heterocycles. The zero-order valence-electron chi connectivity index (χ0n) is 9.92. The number of hydrogen-bond acceptors (Lipinski definition) is 5. The van der Waals surface area contributed by atoms with Gasteiger partial charge in [-0.2, -0.15) is 0 Å². The van der Waals surface area contributed by atoms with E-state index in [4.69, 9.17) is 0 Å². The Bertz CT molecular complexity index is 483. The molecule has 1 aromatic rings. The Kier molecular flexibility index (Phi) is 3.45. The summed E-state index contributed by atoms with van der Waals surface area (Å²) < 4.78 is 28.1. The molecule has 0 bridgehead atoms. The Labute approximate surface area is 101 Å². The van der Waals surface area contributed by atoms with Crippen molar-refractivity contribution in [2.45, 2.75) is 24.4 Å². The van der Waals surface area contributed by atoms with Gasteiger partial charge in [0.05, 0.1) is 6.20 Å². The second-order valence-electron chi connectivity index (χ2n) is 4.39. The van der Waals surface area contributed by atoms with Gasteiger partial charge in [-0.25, -0.2) is 17.8 Å². The Hall–Kier alpha value is -0.990. The van der Waals surface area contributed by atoms with Crippen LogP contribution in [0.1, 0.15) is 13.3 Å². The zero-order valence-corrected chi connectivity index (χ0v) is 10.7. The molecule has 0 aromatic carbocycles. The van der Waals surface area contributed by atoms with Crippen LogP contribution in [0.5, 0.6) is 0 Å². The van der Waals surface area contributed by atoms with Gasteiger partial charge in [-0.15, -0.1) is 5.10 Å². The van der Waals surface area contributed by atoms with E-state index in [1.54, 1.807) is 7.05 Å². The van der Waals surface area contributed by atoms with E-state index in [1.807, 2.05) is 0 Å². The molecular weight excluding hydrogens is 242 g/mol. The second kappa shape index (κ2) is 4.71. The highest BCUT2D eigenvalue weighted by molar-refractivity contribution is 7.89. The first-order valence-electron chi connectivity index (χ1n) is 5.58. The van der Waals surface area contributed by atoms with Crippen molar-refractivity contribution in [2.75, 3.05) is 13.1 Å². The van der Waals surface area contributed by atoms with E-state index in [0.717, 1.165) is 13.0 Å².